The van der Waals surface area contributed by atoms with Gasteiger partial charge in [-0.1, -0.05) is 29.8 Å². The van der Waals surface area contributed by atoms with Crippen LogP contribution in [0, 0.1) is 0 Å². The van der Waals surface area contributed by atoms with Gasteiger partial charge in [-0.2, -0.15) is 0 Å². The van der Waals surface area contributed by atoms with Crippen LogP contribution in [0.4, 0.5) is 0 Å². The molecule has 0 aliphatic carbocycles. The maximum absolute atomic E-state index is 11.9. The minimum absolute atomic E-state index is 0.151. The summed E-state index contributed by atoms with van der Waals surface area (Å²) < 4.78 is 16.1. The fourth-order valence-electron chi connectivity index (χ4n) is 2.36. The summed E-state index contributed by atoms with van der Waals surface area (Å²) in [5.41, 5.74) is 1.64. The molecule has 0 spiro atoms. The lowest BCUT2D eigenvalue weighted by Crippen LogP contribution is -2.14. The third-order valence-corrected chi connectivity index (χ3v) is 4.69. The van der Waals surface area contributed by atoms with E-state index >= 15 is 0 Å². The molecule has 126 valence electrons. The van der Waals surface area contributed by atoms with E-state index in [1.54, 1.807) is 23.9 Å². The molecule has 1 aliphatic rings. The number of carbonyl (C=O) groups is 1. The molecule has 2 aromatic carbocycles. The molecule has 0 amide bonds. The van der Waals surface area contributed by atoms with Crippen LogP contribution >= 0.6 is 23.4 Å². The number of halogens is 1. The normalized spacial score (nSPS) is 13.0. The number of ether oxygens (including phenoxy) is 3. The van der Waals surface area contributed by atoms with Gasteiger partial charge in [0.1, 0.15) is 12.4 Å². The maximum atomic E-state index is 11.9. The van der Waals surface area contributed by atoms with Crippen molar-refractivity contribution in [1.82, 2.24) is 0 Å². The van der Waals surface area contributed by atoms with Crippen LogP contribution in [0.25, 0.3) is 0 Å². The summed E-state index contributed by atoms with van der Waals surface area (Å²) >= 11 is 7.73. The highest BCUT2D eigenvalue weighted by atomic mass is 35.5. The van der Waals surface area contributed by atoms with Crippen LogP contribution in [-0.4, -0.2) is 18.5 Å². The van der Waals surface area contributed by atoms with Crippen molar-refractivity contribution < 1.29 is 19.0 Å². The second-order valence-corrected chi connectivity index (χ2v) is 6.84. The third-order valence-electron chi connectivity index (χ3n) is 3.46. The van der Waals surface area contributed by atoms with E-state index in [0.717, 1.165) is 16.0 Å². The smallest absolute Gasteiger partial charge is 0.306 e. The summed E-state index contributed by atoms with van der Waals surface area (Å²) in [6.45, 7) is 0.797. The van der Waals surface area contributed by atoms with Crippen molar-refractivity contribution in [3.05, 3.63) is 58.6 Å². The number of benzene rings is 2. The quantitative estimate of drug-likeness (QED) is 0.560. The third kappa shape index (κ3) is 4.66. The summed E-state index contributed by atoms with van der Waals surface area (Å²) in [5, 5.41) is 0.577. The minimum Gasteiger partial charge on any atom is -0.467 e. The second-order valence-electron chi connectivity index (χ2n) is 5.24. The van der Waals surface area contributed by atoms with Gasteiger partial charge in [0.25, 0.3) is 0 Å². The Bertz CT molecular complexity index is 706. The molecular formula is C18H17ClO4S. The topological polar surface area (TPSA) is 44.8 Å². The lowest BCUT2D eigenvalue weighted by Gasteiger charge is -2.21. The van der Waals surface area contributed by atoms with Gasteiger partial charge in [-0.3, -0.25) is 4.79 Å². The summed E-state index contributed by atoms with van der Waals surface area (Å²) in [5.74, 6) is 1.15. The summed E-state index contributed by atoms with van der Waals surface area (Å²) in [6, 6.07) is 13.5. The van der Waals surface area contributed by atoms with Gasteiger partial charge in [0.2, 0.25) is 0 Å². The first-order chi connectivity index (χ1) is 11.7. The summed E-state index contributed by atoms with van der Waals surface area (Å²) in [4.78, 5) is 13.1. The van der Waals surface area contributed by atoms with E-state index in [4.69, 9.17) is 25.8 Å². The Kier molecular flexibility index (Phi) is 6.01. The second kappa shape index (κ2) is 8.42. The fraction of sp³-hybridized carbons (Fsp3) is 0.278. The number of hydrogen-bond donors (Lipinski definition) is 0. The van der Waals surface area contributed by atoms with Crippen molar-refractivity contribution in [3.63, 3.8) is 0 Å². The van der Waals surface area contributed by atoms with Crippen LogP contribution < -0.4 is 4.74 Å². The van der Waals surface area contributed by atoms with Crippen molar-refractivity contribution in [2.24, 2.45) is 0 Å². The monoisotopic (exact) mass is 364 g/mol. The molecule has 0 fully saturated rings. The highest BCUT2D eigenvalue weighted by molar-refractivity contribution is 7.99. The number of fused-ring (bicyclic) bond motifs is 1. The van der Waals surface area contributed by atoms with Crippen LogP contribution in [0.15, 0.2) is 47.4 Å². The molecule has 4 nitrogen and oxygen atoms in total. The zero-order valence-electron chi connectivity index (χ0n) is 13.0. The Balaban J connectivity index is 1.50. The van der Waals surface area contributed by atoms with E-state index in [-0.39, 0.29) is 19.4 Å². The molecule has 3 rings (SSSR count). The maximum Gasteiger partial charge on any atom is 0.306 e. The highest BCUT2D eigenvalue weighted by Crippen LogP contribution is 2.32. The van der Waals surface area contributed by atoms with Gasteiger partial charge in [-0.25, -0.2) is 0 Å². The van der Waals surface area contributed by atoms with E-state index in [0.29, 0.717) is 29.6 Å². The van der Waals surface area contributed by atoms with Crippen molar-refractivity contribution >= 4 is 29.3 Å². The lowest BCUT2D eigenvalue weighted by atomic mass is 10.1. The minimum atomic E-state index is -0.237. The van der Waals surface area contributed by atoms with E-state index in [1.807, 2.05) is 30.3 Å². The molecule has 0 bridgehead atoms. The van der Waals surface area contributed by atoms with Gasteiger partial charge in [0, 0.05) is 26.8 Å². The molecule has 0 atom stereocenters. The molecule has 0 saturated heterocycles. The van der Waals surface area contributed by atoms with Crippen LogP contribution in [0.1, 0.15) is 17.5 Å². The fourth-order valence-corrected chi connectivity index (χ4v) is 3.48. The van der Waals surface area contributed by atoms with Gasteiger partial charge in [-0.15, -0.1) is 11.8 Å². The zero-order valence-corrected chi connectivity index (χ0v) is 14.6. The SMILES string of the molecule is O=C(CCSc1ccccc1)OCc1cc(Cl)cc2c1OCOC2. The lowest BCUT2D eigenvalue weighted by molar-refractivity contribution is -0.144. The van der Waals surface area contributed by atoms with Crippen LogP contribution in [-0.2, 0) is 27.5 Å². The molecule has 1 aliphatic heterocycles. The van der Waals surface area contributed by atoms with Gasteiger partial charge >= 0.3 is 5.97 Å². The number of rotatable bonds is 6. The first kappa shape index (κ1) is 17.1. The molecular weight excluding hydrogens is 348 g/mol. The average molecular weight is 365 g/mol. The molecule has 0 N–H and O–H groups in total. The van der Waals surface area contributed by atoms with Gasteiger partial charge < -0.3 is 14.2 Å². The Labute approximate surface area is 150 Å². The number of thioether (sulfide) groups is 1. The Morgan fingerprint density at radius 3 is 2.92 bits per heavy atom. The van der Waals surface area contributed by atoms with Crippen LogP contribution in [0.5, 0.6) is 5.75 Å². The Hall–Kier alpha value is -1.69. The number of carbonyl (C=O) groups excluding carboxylic acids is 1. The molecule has 2 aromatic rings. The molecule has 0 aromatic heterocycles. The molecule has 24 heavy (non-hydrogen) atoms. The largest absolute Gasteiger partial charge is 0.467 e. The summed E-state index contributed by atoms with van der Waals surface area (Å²) in [7, 11) is 0. The number of esters is 1. The first-order valence-electron chi connectivity index (χ1n) is 7.57. The molecule has 0 unspecified atom stereocenters. The zero-order chi connectivity index (χ0) is 16.8. The van der Waals surface area contributed by atoms with Gasteiger partial charge in [-0.05, 0) is 24.3 Å². The van der Waals surface area contributed by atoms with Crippen LogP contribution in [0.2, 0.25) is 5.02 Å². The van der Waals surface area contributed by atoms with Gasteiger partial charge in [0.05, 0.1) is 13.0 Å². The molecule has 1 heterocycles. The predicted molar refractivity (Wildman–Crippen MR) is 93.3 cm³/mol. The first-order valence-corrected chi connectivity index (χ1v) is 8.94. The van der Waals surface area contributed by atoms with E-state index in [1.165, 1.54) is 0 Å². The van der Waals surface area contributed by atoms with E-state index in [2.05, 4.69) is 0 Å². The molecule has 0 radical (unpaired) electrons. The van der Waals surface area contributed by atoms with Crippen molar-refractivity contribution in [1.29, 1.82) is 0 Å². The molecule has 0 saturated carbocycles. The van der Waals surface area contributed by atoms with Gasteiger partial charge in [0.15, 0.2) is 6.79 Å². The predicted octanol–water partition coefficient (Wildman–Crippen LogP) is 4.43. The molecule has 6 heteroatoms. The summed E-state index contributed by atoms with van der Waals surface area (Å²) in [6.07, 6.45) is 0.353. The Morgan fingerprint density at radius 2 is 2.08 bits per heavy atom. The van der Waals surface area contributed by atoms with Crippen LogP contribution in [0.3, 0.4) is 0 Å². The van der Waals surface area contributed by atoms with Crippen molar-refractivity contribution in [3.8, 4) is 5.75 Å². The Morgan fingerprint density at radius 1 is 1.25 bits per heavy atom. The van der Waals surface area contributed by atoms with Crippen molar-refractivity contribution in [2.75, 3.05) is 12.5 Å². The standard InChI is InChI=1S/C18H17ClO4S/c19-15-8-13-10-21-12-23-18(13)14(9-15)11-22-17(20)6-7-24-16-4-2-1-3-5-16/h1-5,8-9H,6-7,10-12H2. The average Bonchev–Trinajstić information content (AvgIpc) is 2.60. The van der Waals surface area contributed by atoms with Crippen molar-refractivity contribution in [2.45, 2.75) is 24.5 Å². The van der Waals surface area contributed by atoms with E-state index < -0.39 is 0 Å². The number of hydrogen-bond acceptors (Lipinski definition) is 5. The van der Waals surface area contributed by atoms with E-state index in [9.17, 15) is 4.79 Å². The highest BCUT2D eigenvalue weighted by Gasteiger charge is 2.17.